The Hall–Kier alpha value is -1.38. The van der Waals surface area contributed by atoms with E-state index in [1.165, 1.54) is 161 Å². The van der Waals surface area contributed by atoms with Crippen molar-refractivity contribution in [1.29, 1.82) is 0 Å². The van der Waals surface area contributed by atoms with Gasteiger partial charge >= 0.3 is 0 Å². The minimum atomic E-state index is 0.393. The molecule has 9 aliphatic carbocycles. The molecule has 5 fully saturated rings. The van der Waals surface area contributed by atoms with Crippen molar-refractivity contribution in [2.75, 3.05) is 0 Å². The molecular weight excluding hydrogens is 655 g/mol. The largest absolute Gasteiger partial charge is 0.374 e. The van der Waals surface area contributed by atoms with E-state index in [0.29, 0.717) is 17.6 Å². The third-order valence-electron chi connectivity index (χ3n) is 18.7. The molecule has 296 valence electrons. The fraction of sp³-hybridized carbons (Fsp3) is 0.808. The van der Waals surface area contributed by atoms with Gasteiger partial charge in [0.05, 0.1) is 12.2 Å². The lowest BCUT2D eigenvalue weighted by Gasteiger charge is -2.56. The summed E-state index contributed by atoms with van der Waals surface area (Å²) in [6.07, 6.45) is 54.3. The van der Waals surface area contributed by atoms with Crippen LogP contribution >= 0.6 is 0 Å². The number of hydrogen-bond acceptors (Lipinski definition) is 2. The molecule has 1 aliphatic heterocycles. The van der Waals surface area contributed by atoms with Crippen LogP contribution in [0.1, 0.15) is 174 Å². The summed E-state index contributed by atoms with van der Waals surface area (Å²) in [5.41, 5.74) is 5.78. The Bertz CT molecular complexity index is 1500. The van der Waals surface area contributed by atoms with Gasteiger partial charge in [-0.2, -0.15) is 0 Å². The van der Waals surface area contributed by atoms with Gasteiger partial charge in [-0.15, -0.1) is 0 Å². The fourth-order valence-corrected chi connectivity index (χ4v) is 16.3. The fourth-order valence-electron chi connectivity index (χ4n) is 16.3. The van der Waals surface area contributed by atoms with Gasteiger partial charge in [-0.25, -0.2) is 0 Å². The molecule has 0 aromatic heterocycles. The first-order chi connectivity index (χ1) is 26.5. The zero-order valence-corrected chi connectivity index (χ0v) is 34.7. The number of rotatable bonds is 6. The van der Waals surface area contributed by atoms with E-state index in [0.717, 1.165) is 71.4 Å². The molecule has 0 aromatic carbocycles. The average Bonchev–Trinajstić information content (AvgIpc) is 3.61. The van der Waals surface area contributed by atoms with Crippen LogP contribution in [0.25, 0.3) is 0 Å². The van der Waals surface area contributed by atoms with Gasteiger partial charge in [-0.3, -0.25) is 4.90 Å². The molecule has 0 aromatic rings. The number of nitrogens with zero attached hydrogens (tertiary/aromatic N) is 1. The highest BCUT2D eigenvalue weighted by Gasteiger charge is 2.55. The first-order valence-corrected chi connectivity index (χ1v) is 24.4. The molecule has 10 rings (SSSR count). The van der Waals surface area contributed by atoms with Crippen LogP contribution in [0.4, 0.5) is 0 Å². The SMILES string of the molecule is CC1C=C2C=CCCC2C(C2=CCC(N(C3CCCC(C4CCCC5C6CCCC(C7CC=CCC7)C6OC45)C3)C3CCC=C4CCCCC43C)CC2)C1. The van der Waals surface area contributed by atoms with Crippen molar-refractivity contribution in [2.24, 2.45) is 58.7 Å². The third kappa shape index (κ3) is 6.78. The van der Waals surface area contributed by atoms with E-state index >= 15 is 0 Å². The summed E-state index contributed by atoms with van der Waals surface area (Å²) in [5, 5.41) is 0. The van der Waals surface area contributed by atoms with E-state index < -0.39 is 0 Å². The molecule has 1 heterocycles. The van der Waals surface area contributed by atoms with Gasteiger partial charge in [0.2, 0.25) is 0 Å². The second-order valence-corrected chi connectivity index (χ2v) is 21.4. The Kier molecular flexibility index (Phi) is 10.8. The van der Waals surface area contributed by atoms with Gasteiger partial charge in [-0.05, 0) is 194 Å². The minimum absolute atomic E-state index is 0.393. The molecule has 10 aliphatic rings. The van der Waals surface area contributed by atoms with Crippen LogP contribution in [0.3, 0.4) is 0 Å². The first-order valence-electron chi connectivity index (χ1n) is 24.4. The molecule has 15 atom stereocenters. The zero-order valence-electron chi connectivity index (χ0n) is 34.7. The molecule has 2 nitrogen and oxygen atoms in total. The highest BCUT2D eigenvalue weighted by atomic mass is 16.5. The maximum atomic E-state index is 7.57. The second kappa shape index (κ2) is 15.8. The van der Waals surface area contributed by atoms with E-state index in [-0.39, 0.29) is 0 Å². The molecule has 0 radical (unpaired) electrons. The molecule has 2 heteroatoms. The van der Waals surface area contributed by atoms with Crippen LogP contribution in [-0.2, 0) is 4.74 Å². The van der Waals surface area contributed by atoms with E-state index in [4.69, 9.17) is 4.74 Å². The second-order valence-electron chi connectivity index (χ2n) is 21.4. The molecule has 15 unspecified atom stereocenters. The van der Waals surface area contributed by atoms with Gasteiger partial charge in [0.15, 0.2) is 0 Å². The number of ether oxygens (including phenoxy) is 1. The Balaban J connectivity index is 0.904. The summed E-state index contributed by atoms with van der Waals surface area (Å²) in [6, 6.07) is 2.24. The van der Waals surface area contributed by atoms with Crippen LogP contribution in [-0.4, -0.2) is 35.2 Å². The van der Waals surface area contributed by atoms with Crippen LogP contribution in [0.15, 0.2) is 59.3 Å². The summed E-state index contributed by atoms with van der Waals surface area (Å²) in [6.45, 7) is 5.22. The molecule has 0 spiro atoms. The highest BCUT2D eigenvalue weighted by Crippen LogP contribution is 2.57. The Morgan fingerprint density at radius 1 is 0.630 bits per heavy atom. The summed E-state index contributed by atoms with van der Waals surface area (Å²) < 4.78 is 7.57. The van der Waals surface area contributed by atoms with Crippen LogP contribution < -0.4 is 0 Å². The summed E-state index contributed by atoms with van der Waals surface area (Å²) >= 11 is 0. The van der Waals surface area contributed by atoms with Gasteiger partial charge in [0, 0.05) is 23.5 Å². The smallest absolute Gasteiger partial charge is 0.0641 e. The van der Waals surface area contributed by atoms with Crippen molar-refractivity contribution < 1.29 is 4.74 Å². The number of hydrogen-bond donors (Lipinski definition) is 0. The lowest BCUT2D eigenvalue weighted by Crippen LogP contribution is -2.59. The molecule has 0 bridgehead atoms. The van der Waals surface area contributed by atoms with Crippen molar-refractivity contribution in [3.05, 3.63) is 59.3 Å². The molecule has 0 amide bonds. The van der Waals surface area contributed by atoms with Gasteiger partial charge < -0.3 is 4.74 Å². The van der Waals surface area contributed by atoms with Gasteiger partial charge in [0.1, 0.15) is 0 Å². The molecular formula is C52H77NO. The lowest BCUT2D eigenvalue weighted by atomic mass is 9.61. The predicted octanol–water partition coefficient (Wildman–Crippen LogP) is 13.5. The maximum Gasteiger partial charge on any atom is 0.0641 e. The van der Waals surface area contributed by atoms with Crippen molar-refractivity contribution in [2.45, 2.75) is 205 Å². The molecule has 1 saturated heterocycles. The number of allylic oxidation sites excluding steroid dienone is 8. The van der Waals surface area contributed by atoms with Crippen molar-refractivity contribution >= 4 is 0 Å². The highest BCUT2D eigenvalue weighted by molar-refractivity contribution is 5.32. The summed E-state index contributed by atoms with van der Waals surface area (Å²) in [7, 11) is 0. The van der Waals surface area contributed by atoms with E-state index in [9.17, 15) is 0 Å². The van der Waals surface area contributed by atoms with Crippen LogP contribution in [0.2, 0.25) is 0 Å². The van der Waals surface area contributed by atoms with Crippen molar-refractivity contribution in [3.63, 3.8) is 0 Å². The monoisotopic (exact) mass is 732 g/mol. The molecule has 4 saturated carbocycles. The van der Waals surface area contributed by atoms with Crippen LogP contribution in [0, 0.1) is 58.7 Å². The average molecular weight is 732 g/mol. The third-order valence-corrected chi connectivity index (χ3v) is 18.7. The zero-order chi connectivity index (χ0) is 36.2. The van der Waals surface area contributed by atoms with E-state index in [1.807, 2.05) is 11.1 Å². The molecule has 0 N–H and O–H groups in total. The van der Waals surface area contributed by atoms with E-state index in [2.05, 4.69) is 61.3 Å². The summed E-state index contributed by atoms with van der Waals surface area (Å²) in [5.74, 6) is 7.43. The Morgan fingerprint density at radius 2 is 1.43 bits per heavy atom. The normalized spacial score (nSPS) is 47.8. The first kappa shape index (κ1) is 36.9. The van der Waals surface area contributed by atoms with Gasteiger partial charge in [-0.1, -0.05) is 93.2 Å². The minimum Gasteiger partial charge on any atom is -0.374 e. The van der Waals surface area contributed by atoms with Crippen molar-refractivity contribution in [3.8, 4) is 0 Å². The Labute approximate surface area is 331 Å². The maximum absolute atomic E-state index is 7.57. The number of fused-ring (bicyclic) bond motifs is 5. The van der Waals surface area contributed by atoms with Gasteiger partial charge in [0.25, 0.3) is 0 Å². The standard InChI is InChI=1S/C52H77NO/c1-35-32-38-16-6-7-21-43(38)48(33-35)37-27-29-41(30-28-37)53(49-26-11-19-40-18-8-9-31-52(40,49)2)42-20-10-17-39(34-42)45-23-13-25-47-46-24-12-22-44(50(46)54-51(45)47)36-14-4-3-5-15-36/h3-4,6,16,19,27,32,35-36,39,41-51H,5,7-15,17-18,20-26,28-31,33-34H2,1-2H3. The van der Waals surface area contributed by atoms with E-state index in [1.54, 1.807) is 5.57 Å². The predicted molar refractivity (Wildman–Crippen MR) is 225 cm³/mol. The summed E-state index contributed by atoms with van der Waals surface area (Å²) in [4.78, 5) is 3.33. The Morgan fingerprint density at radius 3 is 2.22 bits per heavy atom. The lowest BCUT2D eigenvalue weighted by molar-refractivity contribution is -0.0842. The molecule has 54 heavy (non-hydrogen) atoms. The quantitative estimate of drug-likeness (QED) is 0.252. The topological polar surface area (TPSA) is 12.5 Å². The van der Waals surface area contributed by atoms with Crippen LogP contribution in [0.5, 0.6) is 0 Å². The van der Waals surface area contributed by atoms with Crippen molar-refractivity contribution in [1.82, 2.24) is 4.90 Å².